The number of carbonyl (C=O) groups excluding carboxylic acids is 1. The fourth-order valence-corrected chi connectivity index (χ4v) is 3.68. The van der Waals surface area contributed by atoms with Gasteiger partial charge in [-0.2, -0.15) is 11.3 Å². The molecule has 2 aromatic heterocycles. The highest BCUT2D eigenvalue weighted by Crippen LogP contribution is 2.28. The molecule has 0 saturated carbocycles. The van der Waals surface area contributed by atoms with Gasteiger partial charge in [0.15, 0.2) is 0 Å². The van der Waals surface area contributed by atoms with Crippen LogP contribution >= 0.6 is 11.3 Å². The minimum atomic E-state index is -0.449. The van der Waals surface area contributed by atoms with Crippen molar-refractivity contribution in [3.8, 4) is 5.75 Å². The van der Waals surface area contributed by atoms with Gasteiger partial charge in [-0.05, 0) is 66.8 Å². The molecule has 5 nitrogen and oxygen atoms in total. The Balaban J connectivity index is 1.68. The highest BCUT2D eigenvalue weighted by atomic mass is 32.1. The molecule has 3 aromatic rings. The van der Waals surface area contributed by atoms with Gasteiger partial charge >= 0.3 is 5.63 Å². The lowest BCUT2D eigenvalue weighted by molar-refractivity contribution is -0.121. The van der Waals surface area contributed by atoms with Crippen molar-refractivity contribution >= 4 is 28.2 Å². The van der Waals surface area contributed by atoms with Crippen LogP contribution in [0.3, 0.4) is 0 Å². The van der Waals surface area contributed by atoms with E-state index in [1.807, 2.05) is 18.4 Å². The Hall–Kier alpha value is -2.60. The summed E-state index contributed by atoms with van der Waals surface area (Å²) in [6, 6.07) is 5.37. The summed E-state index contributed by atoms with van der Waals surface area (Å²) < 4.78 is 5.40. The Kier molecular flexibility index (Phi) is 5.42. The second-order valence-electron chi connectivity index (χ2n) is 6.31. The molecular formula is C20H21NO4S. The van der Waals surface area contributed by atoms with Crippen LogP contribution in [0.5, 0.6) is 5.75 Å². The number of thiophene rings is 1. The van der Waals surface area contributed by atoms with Crippen molar-refractivity contribution in [2.24, 2.45) is 0 Å². The van der Waals surface area contributed by atoms with Crippen LogP contribution in [0.25, 0.3) is 11.0 Å². The van der Waals surface area contributed by atoms with Gasteiger partial charge in [-0.3, -0.25) is 4.79 Å². The zero-order valence-corrected chi connectivity index (χ0v) is 15.6. The van der Waals surface area contributed by atoms with Crippen molar-refractivity contribution in [2.75, 3.05) is 6.54 Å². The zero-order valence-electron chi connectivity index (χ0n) is 14.8. The average Bonchev–Trinajstić information content (AvgIpc) is 3.12. The predicted molar refractivity (Wildman–Crippen MR) is 103 cm³/mol. The highest BCUT2D eigenvalue weighted by Gasteiger charge is 2.15. The maximum atomic E-state index is 12.3. The lowest BCUT2D eigenvalue weighted by atomic mass is 10.0. The monoisotopic (exact) mass is 371 g/mol. The van der Waals surface area contributed by atoms with E-state index in [4.69, 9.17) is 4.42 Å². The number of hydrogen-bond donors (Lipinski definition) is 2. The fraction of sp³-hybridized carbons (Fsp3) is 0.300. The van der Waals surface area contributed by atoms with Gasteiger partial charge in [-0.1, -0.05) is 0 Å². The Bertz CT molecular complexity index is 989. The number of amides is 1. The van der Waals surface area contributed by atoms with Crippen molar-refractivity contribution in [1.29, 1.82) is 0 Å². The van der Waals surface area contributed by atoms with E-state index in [9.17, 15) is 14.7 Å². The van der Waals surface area contributed by atoms with E-state index in [1.54, 1.807) is 30.4 Å². The lowest BCUT2D eigenvalue weighted by Gasteiger charge is -2.10. The maximum absolute atomic E-state index is 12.3. The number of nitrogens with one attached hydrogen (secondary N) is 1. The normalized spacial score (nSPS) is 11.0. The molecule has 2 heterocycles. The van der Waals surface area contributed by atoms with Crippen molar-refractivity contribution < 1.29 is 14.3 Å². The number of hydrogen-bond acceptors (Lipinski definition) is 5. The number of aromatic hydroxyl groups is 1. The minimum absolute atomic E-state index is 0.0824. The lowest BCUT2D eigenvalue weighted by Crippen LogP contribution is -2.26. The van der Waals surface area contributed by atoms with E-state index >= 15 is 0 Å². The fourth-order valence-electron chi connectivity index (χ4n) is 2.98. The Morgan fingerprint density at radius 2 is 2.00 bits per heavy atom. The molecular weight excluding hydrogens is 350 g/mol. The summed E-state index contributed by atoms with van der Waals surface area (Å²) >= 11 is 1.64. The number of carbonyl (C=O) groups is 1. The van der Waals surface area contributed by atoms with Crippen molar-refractivity contribution in [3.05, 3.63) is 61.6 Å². The molecule has 26 heavy (non-hydrogen) atoms. The van der Waals surface area contributed by atoms with Crippen LogP contribution in [-0.4, -0.2) is 17.6 Å². The van der Waals surface area contributed by atoms with Gasteiger partial charge in [0.1, 0.15) is 11.3 Å². The number of benzene rings is 1. The molecule has 1 aromatic carbocycles. The van der Waals surface area contributed by atoms with Crippen molar-refractivity contribution in [3.63, 3.8) is 0 Å². The van der Waals surface area contributed by atoms with Gasteiger partial charge in [-0.15, -0.1) is 0 Å². The predicted octanol–water partition coefficient (Wildman–Crippen LogP) is 3.47. The Morgan fingerprint density at radius 1 is 1.19 bits per heavy atom. The van der Waals surface area contributed by atoms with Gasteiger partial charge in [0.2, 0.25) is 5.91 Å². The van der Waals surface area contributed by atoms with Crippen LogP contribution in [0.15, 0.2) is 38.2 Å². The summed E-state index contributed by atoms with van der Waals surface area (Å²) in [6.45, 7) is 4.14. The number of aryl methyl sites for hydroxylation is 2. The van der Waals surface area contributed by atoms with Crippen LogP contribution < -0.4 is 10.9 Å². The zero-order chi connectivity index (χ0) is 18.7. The maximum Gasteiger partial charge on any atom is 0.339 e. The first-order chi connectivity index (χ1) is 12.5. The number of rotatable bonds is 6. The molecule has 6 heteroatoms. The van der Waals surface area contributed by atoms with E-state index in [0.717, 1.165) is 17.4 Å². The van der Waals surface area contributed by atoms with Gasteiger partial charge in [-0.25, -0.2) is 4.79 Å². The van der Waals surface area contributed by atoms with Crippen LogP contribution in [0.1, 0.15) is 28.7 Å². The summed E-state index contributed by atoms with van der Waals surface area (Å²) in [6.07, 6.45) is 1.36. The summed E-state index contributed by atoms with van der Waals surface area (Å²) in [5, 5.41) is 17.5. The molecule has 0 aliphatic carbocycles. The van der Waals surface area contributed by atoms with Crippen LogP contribution in [0.2, 0.25) is 0 Å². The molecule has 1 amide bonds. The molecule has 0 radical (unpaired) electrons. The third-order valence-electron chi connectivity index (χ3n) is 4.59. The SMILES string of the molecule is Cc1c(CCC(=O)NCCc2ccsc2)c(=O)oc2c(C)c(O)ccc12. The van der Waals surface area contributed by atoms with Gasteiger partial charge < -0.3 is 14.8 Å². The Labute approximate surface area is 155 Å². The minimum Gasteiger partial charge on any atom is -0.508 e. The van der Waals surface area contributed by atoms with E-state index in [2.05, 4.69) is 10.7 Å². The van der Waals surface area contributed by atoms with Gasteiger partial charge in [0.25, 0.3) is 0 Å². The van der Waals surface area contributed by atoms with E-state index in [-0.39, 0.29) is 18.1 Å². The summed E-state index contributed by atoms with van der Waals surface area (Å²) in [5.41, 5.74) is 3.01. The smallest absolute Gasteiger partial charge is 0.339 e. The number of phenols is 1. The summed E-state index contributed by atoms with van der Waals surface area (Å²) in [5.74, 6) is 0.0128. The average molecular weight is 371 g/mol. The Morgan fingerprint density at radius 3 is 2.73 bits per heavy atom. The van der Waals surface area contributed by atoms with Crippen molar-refractivity contribution in [1.82, 2.24) is 5.32 Å². The summed E-state index contributed by atoms with van der Waals surface area (Å²) in [4.78, 5) is 24.4. The molecule has 0 aliphatic heterocycles. The number of fused-ring (bicyclic) bond motifs is 1. The van der Waals surface area contributed by atoms with Crippen LogP contribution in [0, 0.1) is 13.8 Å². The van der Waals surface area contributed by atoms with Gasteiger partial charge in [0, 0.05) is 29.5 Å². The molecule has 0 spiro atoms. The number of phenolic OH excluding ortho intramolecular Hbond substituents is 1. The van der Waals surface area contributed by atoms with Crippen molar-refractivity contribution in [2.45, 2.75) is 33.1 Å². The molecule has 0 unspecified atom stereocenters. The molecule has 0 saturated heterocycles. The first kappa shape index (κ1) is 18.2. The molecule has 0 fully saturated rings. The quantitative estimate of drug-likeness (QED) is 0.650. The van der Waals surface area contributed by atoms with Crippen LogP contribution in [0.4, 0.5) is 0 Å². The molecule has 2 N–H and O–H groups in total. The topological polar surface area (TPSA) is 79.5 Å². The second kappa shape index (κ2) is 7.74. The standard InChI is InChI=1S/C20H21NO4S/c1-12-15-3-5-17(22)13(2)19(15)25-20(24)16(12)4-6-18(23)21-9-7-14-8-10-26-11-14/h3,5,8,10-11,22H,4,6-7,9H2,1-2H3,(H,21,23). The molecule has 136 valence electrons. The molecule has 0 aliphatic rings. The van der Waals surface area contributed by atoms with E-state index in [0.29, 0.717) is 29.7 Å². The molecule has 0 atom stereocenters. The molecule has 0 bridgehead atoms. The summed E-state index contributed by atoms with van der Waals surface area (Å²) in [7, 11) is 0. The van der Waals surface area contributed by atoms with Crippen LogP contribution in [-0.2, 0) is 17.6 Å². The van der Waals surface area contributed by atoms with E-state index in [1.165, 1.54) is 5.56 Å². The highest BCUT2D eigenvalue weighted by molar-refractivity contribution is 7.07. The first-order valence-corrected chi connectivity index (χ1v) is 9.44. The third kappa shape index (κ3) is 3.80. The third-order valence-corrected chi connectivity index (χ3v) is 5.33. The van der Waals surface area contributed by atoms with E-state index < -0.39 is 5.63 Å². The first-order valence-electron chi connectivity index (χ1n) is 8.50. The second-order valence-corrected chi connectivity index (χ2v) is 7.09. The largest absolute Gasteiger partial charge is 0.508 e. The molecule has 3 rings (SSSR count). The van der Waals surface area contributed by atoms with Gasteiger partial charge in [0.05, 0.1) is 0 Å².